The Balaban J connectivity index is 2.17. The van der Waals surface area contributed by atoms with Crippen molar-refractivity contribution in [1.82, 2.24) is 15.2 Å². The first-order chi connectivity index (χ1) is 8.72. The fourth-order valence-electron chi connectivity index (χ4n) is 1.83. The minimum atomic E-state index is -0.174. The summed E-state index contributed by atoms with van der Waals surface area (Å²) in [7, 11) is 0. The van der Waals surface area contributed by atoms with Gasteiger partial charge < -0.3 is 15.6 Å². The molecule has 18 heavy (non-hydrogen) atoms. The van der Waals surface area contributed by atoms with E-state index in [4.69, 9.17) is 5.84 Å². The first-order valence-corrected chi connectivity index (χ1v) is 5.69. The number of hydrogen-bond acceptors (Lipinski definition) is 5. The fourth-order valence-corrected chi connectivity index (χ4v) is 1.83. The van der Waals surface area contributed by atoms with Crippen LogP contribution in [0.4, 0.5) is 5.69 Å². The van der Waals surface area contributed by atoms with Crippen molar-refractivity contribution >= 4 is 17.5 Å². The van der Waals surface area contributed by atoms with Gasteiger partial charge in [-0.3, -0.25) is 20.4 Å². The molecule has 0 spiro atoms. The van der Waals surface area contributed by atoms with Crippen molar-refractivity contribution in [3.63, 3.8) is 0 Å². The van der Waals surface area contributed by atoms with Crippen LogP contribution in [0.5, 0.6) is 0 Å². The van der Waals surface area contributed by atoms with Gasteiger partial charge in [0.15, 0.2) is 0 Å². The number of carbonyl (C=O) groups excluding carboxylic acids is 2. The number of amides is 2. The maximum absolute atomic E-state index is 12.3. The minimum absolute atomic E-state index is 0.0336. The molecule has 0 radical (unpaired) electrons. The molecule has 1 aromatic heterocycles. The summed E-state index contributed by atoms with van der Waals surface area (Å²) in [4.78, 5) is 29.1. The van der Waals surface area contributed by atoms with Crippen molar-refractivity contribution < 1.29 is 9.59 Å². The highest BCUT2D eigenvalue weighted by Gasteiger charge is 2.21. The molecule has 7 nitrogen and oxygen atoms in total. The van der Waals surface area contributed by atoms with Gasteiger partial charge >= 0.3 is 0 Å². The molecular formula is C11H15N5O2. The molecule has 1 fully saturated rings. The van der Waals surface area contributed by atoms with Crippen LogP contribution >= 0.6 is 0 Å². The Morgan fingerprint density at radius 2 is 2.33 bits per heavy atom. The number of nitrogens with one attached hydrogen (secondary N) is 2. The van der Waals surface area contributed by atoms with Gasteiger partial charge in [0.05, 0.1) is 11.3 Å². The van der Waals surface area contributed by atoms with E-state index in [1.54, 1.807) is 17.2 Å². The molecule has 7 heteroatoms. The van der Waals surface area contributed by atoms with Crippen LogP contribution in [0.2, 0.25) is 0 Å². The molecule has 1 aliphatic rings. The third-order valence-electron chi connectivity index (χ3n) is 2.81. The van der Waals surface area contributed by atoms with E-state index in [2.05, 4.69) is 15.7 Å². The molecule has 0 unspecified atom stereocenters. The molecule has 1 aliphatic heterocycles. The van der Waals surface area contributed by atoms with Crippen LogP contribution in [0.3, 0.4) is 0 Å². The van der Waals surface area contributed by atoms with Crippen LogP contribution in [0.15, 0.2) is 18.5 Å². The van der Waals surface area contributed by atoms with Gasteiger partial charge in [0.2, 0.25) is 5.91 Å². The number of hydrogen-bond donors (Lipinski definition) is 3. The minimum Gasteiger partial charge on any atom is -0.354 e. The number of nitrogens with two attached hydrogens (primary N) is 1. The molecule has 2 heterocycles. The quantitative estimate of drug-likeness (QED) is 0.477. The molecule has 1 aromatic rings. The van der Waals surface area contributed by atoms with Crippen molar-refractivity contribution in [2.75, 3.05) is 25.1 Å². The number of anilines is 1. The van der Waals surface area contributed by atoms with E-state index in [0.29, 0.717) is 37.3 Å². The maximum atomic E-state index is 12.3. The molecule has 0 bridgehead atoms. The van der Waals surface area contributed by atoms with Gasteiger partial charge in [-0.25, -0.2) is 0 Å². The summed E-state index contributed by atoms with van der Waals surface area (Å²) in [5, 5.41) is 2.72. The van der Waals surface area contributed by atoms with Gasteiger partial charge in [0.1, 0.15) is 0 Å². The van der Waals surface area contributed by atoms with Crippen LogP contribution in [-0.4, -0.2) is 41.3 Å². The Bertz CT molecular complexity index is 463. The van der Waals surface area contributed by atoms with Gasteiger partial charge in [-0.2, -0.15) is 0 Å². The third kappa shape index (κ3) is 2.57. The van der Waals surface area contributed by atoms with E-state index in [-0.39, 0.29) is 11.8 Å². The smallest absolute Gasteiger partial charge is 0.257 e. The highest BCUT2D eigenvalue weighted by atomic mass is 16.2. The predicted molar refractivity (Wildman–Crippen MR) is 65.6 cm³/mol. The second-order valence-electron chi connectivity index (χ2n) is 3.96. The first-order valence-electron chi connectivity index (χ1n) is 5.69. The van der Waals surface area contributed by atoms with Crippen LogP contribution in [0.1, 0.15) is 16.8 Å². The second kappa shape index (κ2) is 5.46. The molecule has 2 amide bonds. The number of rotatable bonds is 2. The molecule has 0 aromatic carbocycles. The van der Waals surface area contributed by atoms with E-state index in [1.165, 1.54) is 6.20 Å². The molecule has 0 saturated carbocycles. The number of nitrogens with zero attached hydrogens (tertiary/aromatic N) is 2. The molecular weight excluding hydrogens is 234 g/mol. The van der Waals surface area contributed by atoms with Crippen LogP contribution in [-0.2, 0) is 4.79 Å². The number of aromatic nitrogens is 1. The summed E-state index contributed by atoms with van der Waals surface area (Å²) in [5.74, 6) is 5.15. The van der Waals surface area contributed by atoms with Gasteiger partial charge in [0.25, 0.3) is 5.91 Å². The number of carbonyl (C=O) groups is 2. The van der Waals surface area contributed by atoms with E-state index in [1.807, 2.05) is 0 Å². The molecule has 2 rings (SSSR count). The lowest BCUT2D eigenvalue weighted by Crippen LogP contribution is -2.35. The summed E-state index contributed by atoms with van der Waals surface area (Å²) >= 11 is 0. The molecule has 96 valence electrons. The summed E-state index contributed by atoms with van der Waals surface area (Å²) in [6, 6.07) is 1.63. The normalized spacial score (nSPS) is 15.8. The molecule has 0 aliphatic carbocycles. The zero-order valence-electron chi connectivity index (χ0n) is 9.85. The Morgan fingerprint density at radius 1 is 1.50 bits per heavy atom. The summed E-state index contributed by atoms with van der Waals surface area (Å²) in [6.45, 7) is 1.36. The lowest BCUT2D eigenvalue weighted by molar-refractivity contribution is -0.120. The van der Waals surface area contributed by atoms with Crippen molar-refractivity contribution in [2.24, 2.45) is 5.84 Å². The van der Waals surface area contributed by atoms with Crippen molar-refractivity contribution in [1.29, 1.82) is 0 Å². The molecule has 1 saturated heterocycles. The van der Waals surface area contributed by atoms with Crippen molar-refractivity contribution in [3.8, 4) is 0 Å². The first kappa shape index (κ1) is 12.3. The lowest BCUT2D eigenvalue weighted by Gasteiger charge is -2.20. The van der Waals surface area contributed by atoms with E-state index >= 15 is 0 Å². The Hall–Kier alpha value is -2.15. The topological polar surface area (TPSA) is 100 Å². The number of hydrazine groups is 1. The predicted octanol–water partition coefficient (Wildman–Crippen LogP) is -0.671. The zero-order valence-corrected chi connectivity index (χ0v) is 9.85. The van der Waals surface area contributed by atoms with E-state index in [9.17, 15) is 9.59 Å². The Morgan fingerprint density at radius 3 is 3.11 bits per heavy atom. The second-order valence-corrected chi connectivity index (χ2v) is 3.96. The van der Waals surface area contributed by atoms with Crippen molar-refractivity contribution in [3.05, 3.63) is 24.0 Å². The lowest BCUT2D eigenvalue weighted by atomic mass is 10.2. The zero-order chi connectivity index (χ0) is 13.0. The summed E-state index contributed by atoms with van der Waals surface area (Å²) in [5.41, 5.74) is 3.41. The van der Waals surface area contributed by atoms with Gasteiger partial charge in [-0.1, -0.05) is 0 Å². The van der Waals surface area contributed by atoms with Gasteiger partial charge in [-0.05, 0) is 6.07 Å². The van der Waals surface area contributed by atoms with E-state index in [0.717, 1.165) is 0 Å². The van der Waals surface area contributed by atoms with Gasteiger partial charge in [0, 0.05) is 38.4 Å². The average Bonchev–Trinajstić information content (AvgIpc) is 2.62. The average molecular weight is 249 g/mol. The number of nitrogen functional groups attached to an aromatic ring is 1. The Kier molecular flexibility index (Phi) is 3.73. The SMILES string of the molecule is NNc1ccncc1C(=O)N1CCNC(=O)CC1. The number of pyridine rings is 1. The highest BCUT2D eigenvalue weighted by molar-refractivity contribution is 5.99. The summed E-state index contributed by atoms with van der Waals surface area (Å²) in [6.07, 6.45) is 3.34. The largest absolute Gasteiger partial charge is 0.354 e. The van der Waals surface area contributed by atoms with E-state index < -0.39 is 0 Å². The standard InChI is InChI=1S/C11H15N5O2/c12-15-9-1-3-13-7-8(9)11(18)16-5-2-10(17)14-4-6-16/h1,3,7H,2,4-6,12H2,(H,13,15)(H,14,17). The maximum Gasteiger partial charge on any atom is 0.257 e. The third-order valence-corrected chi connectivity index (χ3v) is 2.81. The van der Waals surface area contributed by atoms with Crippen molar-refractivity contribution in [2.45, 2.75) is 6.42 Å². The monoisotopic (exact) mass is 249 g/mol. The summed E-state index contributed by atoms with van der Waals surface area (Å²) < 4.78 is 0. The van der Waals surface area contributed by atoms with Crippen LogP contribution in [0, 0.1) is 0 Å². The fraction of sp³-hybridized carbons (Fsp3) is 0.364. The van der Waals surface area contributed by atoms with Gasteiger partial charge in [-0.15, -0.1) is 0 Å². The highest BCUT2D eigenvalue weighted by Crippen LogP contribution is 2.15. The molecule has 4 N–H and O–H groups in total. The van der Waals surface area contributed by atoms with Crippen LogP contribution < -0.4 is 16.6 Å². The Labute approximate surface area is 104 Å². The van der Waals surface area contributed by atoms with Crippen LogP contribution in [0.25, 0.3) is 0 Å². The molecule has 0 atom stereocenters.